The monoisotopic (exact) mass is 326 g/mol. The SMILES string of the molecule is CCCNC(=O)COc1ccccc1C(=O)NCc1ccccc1. The summed E-state index contributed by atoms with van der Waals surface area (Å²) in [4.78, 5) is 24.0. The first-order valence-corrected chi connectivity index (χ1v) is 8.01. The molecule has 126 valence electrons. The summed E-state index contributed by atoms with van der Waals surface area (Å²) in [6.07, 6.45) is 0.865. The number of hydrogen-bond donors (Lipinski definition) is 2. The molecule has 0 heterocycles. The van der Waals surface area contributed by atoms with Crippen LogP contribution in [0, 0.1) is 0 Å². The van der Waals surface area contributed by atoms with Gasteiger partial charge < -0.3 is 15.4 Å². The highest BCUT2D eigenvalue weighted by atomic mass is 16.5. The number of benzene rings is 2. The van der Waals surface area contributed by atoms with Crippen LogP contribution in [0.15, 0.2) is 54.6 Å². The molecule has 0 unspecified atom stereocenters. The van der Waals surface area contributed by atoms with E-state index in [-0.39, 0.29) is 18.4 Å². The average Bonchev–Trinajstić information content (AvgIpc) is 2.63. The summed E-state index contributed by atoms with van der Waals surface area (Å²) < 4.78 is 5.50. The number of hydrogen-bond acceptors (Lipinski definition) is 3. The standard InChI is InChI=1S/C19H22N2O3/c1-2-12-20-18(22)14-24-17-11-7-6-10-16(17)19(23)21-13-15-8-4-3-5-9-15/h3-11H,2,12-14H2,1H3,(H,20,22)(H,21,23). The lowest BCUT2D eigenvalue weighted by atomic mass is 10.1. The van der Waals surface area contributed by atoms with Gasteiger partial charge in [-0.2, -0.15) is 0 Å². The number of nitrogens with one attached hydrogen (secondary N) is 2. The molecule has 0 aliphatic carbocycles. The summed E-state index contributed by atoms with van der Waals surface area (Å²) in [7, 11) is 0. The first kappa shape index (κ1) is 17.5. The Morgan fingerprint density at radius 3 is 2.42 bits per heavy atom. The van der Waals surface area contributed by atoms with Gasteiger partial charge in [0.15, 0.2) is 6.61 Å². The number of amides is 2. The van der Waals surface area contributed by atoms with E-state index >= 15 is 0 Å². The van der Waals surface area contributed by atoms with Crippen LogP contribution in [0.1, 0.15) is 29.3 Å². The molecular formula is C19H22N2O3. The zero-order chi connectivity index (χ0) is 17.2. The molecule has 0 saturated carbocycles. The van der Waals surface area contributed by atoms with Crippen LogP contribution in [0.25, 0.3) is 0 Å². The van der Waals surface area contributed by atoms with Crippen LogP contribution in [-0.4, -0.2) is 25.0 Å². The van der Waals surface area contributed by atoms with Crippen molar-refractivity contribution in [3.8, 4) is 5.75 Å². The zero-order valence-electron chi connectivity index (χ0n) is 13.7. The summed E-state index contributed by atoms with van der Waals surface area (Å²) in [6.45, 7) is 2.92. The third-order valence-electron chi connectivity index (χ3n) is 3.36. The Hall–Kier alpha value is -2.82. The molecule has 0 aromatic heterocycles. The molecule has 0 aliphatic heterocycles. The Morgan fingerprint density at radius 2 is 1.67 bits per heavy atom. The Balaban J connectivity index is 1.94. The molecule has 2 rings (SSSR count). The fraction of sp³-hybridized carbons (Fsp3) is 0.263. The molecule has 0 radical (unpaired) electrons. The molecular weight excluding hydrogens is 304 g/mol. The van der Waals surface area contributed by atoms with Gasteiger partial charge in [0.25, 0.3) is 11.8 Å². The Morgan fingerprint density at radius 1 is 0.958 bits per heavy atom. The molecule has 5 heteroatoms. The molecule has 0 spiro atoms. The lowest BCUT2D eigenvalue weighted by Gasteiger charge is -2.12. The Kier molecular flexibility index (Phi) is 6.83. The zero-order valence-corrected chi connectivity index (χ0v) is 13.7. The Labute approximate surface area is 142 Å². The second-order valence-electron chi connectivity index (χ2n) is 5.30. The second-order valence-corrected chi connectivity index (χ2v) is 5.30. The third-order valence-corrected chi connectivity index (χ3v) is 3.36. The quantitative estimate of drug-likeness (QED) is 0.783. The summed E-state index contributed by atoms with van der Waals surface area (Å²) in [5.74, 6) is -0.0329. The molecule has 0 atom stereocenters. The van der Waals surface area contributed by atoms with E-state index in [1.165, 1.54) is 0 Å². The van der Waals surface area contributed by atoms with E-state index in [1.807, 2.05) is 37.3 Å². The van der Waals surface area contributed by atoms with Crippen LogP contribution in [0.5, 0.6) is 5.75 Å². The van der Waals surface area contributed by atoms with Crippen molar-refractivity contribution in [2.75, 3.05) is 13.2 Å². The Bertz CT molecular complexity index is 671. The molecule has 2 amide bonds. The van der Waals surface area contributed by atoms with E-state index in [0.29, 0.717) is 24.4 Å². The van der Waals surface area contributed by atoms with Gasteiger partial charge in [0.2, 0.25) is 0 Å². The van der Waals surface area contributed by atoms with Crippen molar-refractivity contribution in [3.63, 3.8) is 0 Å². The van der Waals surface area contributed by atoms with Crippen molar-refractivity contribution in [2.45, 2.75) is 19.9 Å². The van der Waals surface area contributed by atoms with E-state index in [1.54, 1.807) is 24.3 Å². The molecule has 0 fully saturated rings. The van der Waals surface area contributed by atoms with Crippen molar-refractivity contribution in [2.24, 2.45) is 0 Å². The highest BCUT2D eigenvalue weighted by Gasteiger charge is 2.13. The van der Waals surface area contributed by atoms with Crippen molar-refractivity contribution in [1.29, 1.82) is 0 Å². The molecule has 2 aromatic rings. The molecule has 2 N–H and O–H groups in total. The van der Waals surface area contributed by atoms with Crippen LogP contribution in [-0.2, 0) is 11.3 Å². The number of ether oxygens (including phenoxy) is 1. The van der Waals surface area contributed by atoms with E-state index in [4.69, 9.17) is 4.74 Å². The average molecular weight is 326 g/mol. The fourth-order valence-electron chi connectivity index (χ4n) is 2.11. The summed E-state index contributed by atoms with van der Waals surface area (Å²) in [6, 6.07) is 16.6. The van der Waals surface area contributed by atoms with Crippen LogP contribution < -0.4 is 15.4 Å². The number of rotatable bonds is 8. The van der Waals surface area contributed by atoms with Crippen LogP contribution >= 0.6 is 0 Å². The van der Waals surface area contributed by atoms with Gasteiger partial charge in [-0.3, -0.25) is 9.59 Å². The highest BCUT2D eigenvalue weighted by molar-refractivity contribution is 5.97. The molecule has 5 nitrogen and oxygen atoms in total. The summed E-state index contributed by atoms with van der Waals surface area (Å²) in [5, 5.41) is 5.59. The predicted octanol–water partition coefficient (Wildman–Crippen LogP) is 2.52. The van der Waals surface area contributed by atoms with Crippen molar-refractivity contribution in [3.05, 3.63) is 65.7 Å². The lowest BCUT2D eigenvalue weighted by Crippen LogP contribution is -2.30. The maximum Gasteiger partial charge on any atom is 0.257 e. The molecule has 24 heavy (non-hydrogen) atoms. The molecule has 0 bridgehead atoms. The smallest absolute Gasteiger partial charge is 0.257 e. The van der Waals surface area contributed by atoms with E-state index in [0.717, 1.165) is 12.0 Å². The maximum atomic E-state index is 12.4. The van der Waals surface area contributed by atoms with Gasteiger partial charge in [0.05, 0.1) is 5.56 Å². The van der Waals surface area contributed by atoms with Gasteiger partial charge in [-0.05, 0) is 24.1 Å². The first-order valence-electron chi connectivity index (χ1n) is 8.01. The normalized spacial score (nSPS) is 10.0. The van der Waals surface area contributed by atoms with Gasteiger partial charge in [-0.25, -0.2) is 0 Å². The van der Waals surface area contributed by atoms with Gasteiger partial charge >= 0.3 is 0 Å². The first-order chi connectivity index (χ1) is 11.7. The van der Waals surface area contributed by atoms with Gasteiger partial charge in [0.1, 0.15) is 5.75 Å². The van der Waals surface area contributed by atoms with Crippen LogP contribution in [0.2, 0.25) is 0 Å². The van der Waals surface area contributed by atoms with Crippen molar-refractivity contribution >= 4 is 11.8 Å². The third kappa shape index (κ3) is 5.43. The van der Waals surface area contributed by atoms with Crippen LogP contribution in [0.3, 0.4) is 0 Å². The van der Waals surface area contributed by atoms with Crippen LogP contribution in [0.4, 0.5) is 0 Å². The van der Waals surface area contributed by atoms with Crippen molar-refractivity contribution < 1.29 is 14.3 Å². The van der Waals surface area contributed by atoms with Gasteiger partial charge in [-0.15, -0.1) is 0 Å². The molecule has 2 aromatic carbocycles. The molecule has 0 saturated heterocycles. The topological polar surface area (TPSA) is 67.4 Å². The number of carbonyl (C=O) groups is 2. The maximum absolute atomic E-state index is 12.4. The van der Waals surface area contributed by atoms with Gasteiger partial charge in [-0.1, -0.05) is 49.4 Å². The minimum Gasteiger partial charge on any atom is -0.483 e. The molecule has 0 aliphatic rings. The van der Waals surface area contributed by atoms with Crippen molar-refractivity contribution in [1.82, 2.24) is 10.6 Å². The van der Waals surface area contributed by atoms with E-state index < -0.39 is 0 Å². The van der Waals surface area contributed by atoms with E-state index in [9.17, 15) is 9.59 Å². The number of para-hydroxylation sites is 1. The van der Waals surface area contributed by atoms with Gasteiger partial charge in [0, 0.05) is 13.1 Å². The summed E-state index contributed by atoms with van der Waals surface area (Å²) >= 11 is 0. The minimum absolute atomic E-state index is 0.108. The fourth-order valence-corrected chi connectivity index (χ4v) is 2.11. The van der Waals surface area contributed by atoms with E-state index in [2.05, 4.69) is 10.6 Å². The minimum atomic E-state index is -0.233. The largest absolute Gasteiger partial charge is 0.483 e. The second kappa shape index (κ2) is 9.35. The summed E-state index contributed by atoms with van der Waals surface area (Å²) in [5.41, 5.74) is 1.43. The highest BCUT2D eigenvalue weighted by Crippen LogP contribution is 2.18. The number of carbonyl (C=O) groups excluding carboxylic acids is 2. The predicted molar refractivity (Wildman–Crippen MR) is 92.8 cm³/mol. The lowest BCUT2D eigenvalue weighted by molar-refractivity contribution is -0.123.